The summed E-state index contributed by atoms with van der Waals surface area (Å²) in [5, 5.41) is 12.8. The summed E-state index contributed by atoms with van der Waals surface area (Å²) < 4.78 is 0. The molecule has 1 N–H and O–H groups in total. The van der Waals surface area contributed by atoms with Crippen LogP contribution in [0.2, 0.25) is 0 Å². The molecular formula is C13H20OS. The highest BCUT2D eigenvalue weighted by molar-refractivity contribution is 7.10. The van der Waals surface area contributed by atoms with Crippen molar-refractivity contribution in [2.24, 2.45) is 5.92 Å². The Bertz CT molecular complexity index is 331. The van der Waals surface area contributed by atoms with Crippen molar-refractivity contribution < 1.29 is 5.11 Å². The van der Waals surface area contributed by atoms with Crippen LogP contribution in [0, 0.1) is 12.8 Å². The number of aliphatic hydroxyl groups is 1. The zero-order valence-corrected chi connectivity index (χ0v) is 10.4. The van der Waals surface area contributed by atoms with Gasteiger partial charge in [-0.05, 0) is 49.1 Å². The third-order valence-electron chi connectivity index (χ3n) is 3.77. The van der Waals surface area contributed by atoms with Crippen molar-refractivity contribution in [1.29, 1.82) is 0 Å². The molecule has 1 aliphatic carbocycles. The predicted molar refractivity (Wildman–Crippen MR) is 65.2 cm³/mol. The Morgan fingerprint density at radius 3 is 3.00 bits per heavy atom. The molecule has 1 fully saturated rings. The molecule has 0 aromatic carbocycles. The van der Waals surface area contributed by atoms with Gasteiger partial charge in [-0.3, -0.25) is 0 Å². The zero-order valence-electron chi connectivity index (χ0n) is 9.62. The molecule has 2 atom stereocenters. The highest BCUT2D eigenvalue weighted by Gasteiger charge is 2.36. The van der Waals surface area contributed by atoms with Gasteiger partial charge in [-0.1, -0.05) is 19.8 Å². The smallest absolute Gasteiger partial charge is 0.0909 e. The van der Waals surface area contributed by atoms with Gasteiger partial charge in [0.2, 0.25) is 0 Å². The maximum absolute atomic E-state index is 10.7. The maximum atomic E-state index is 10.7. The summed E-state index contributed by atoms with van der Waals surface area (Å²) in [4.78, 5) is 1.29. The van der Waals surface area contributed by atoms with Crippen LogP contribution in [0.4, 0.5) is 0 Å². The first-order valence-corrected chi connectivity index (χ1v) is 6.80. The van der Waals surface area contributed by atoms with E-state index in [4.69, 9.17) is 0 Å². The van der Waals surface area contributed by atoms with E-state index in [-0.39, 0.29) is 0 Å². The molecule has 84 valence electrons. The standard InChI is InChI=1S/C13H20OS/c1-3-11-5-4-7-13(14,9-11)12-6-8-15-10(12)2/h6,8,11,14H,3-5,7,9H2,1-2H3. The number of hydrogen-bond acceptors (Lipinski definition) is 2. The molecular weight excluding hydrogens is 204 g/mol. The normalized spacial score (nSPS) is 31.8. The van der Waals surface area contributed by atoms with E-state index < -0.39 is 5.60 Å². The van der Waals surface area contributed by atoms with Gasteiger partial charge in [-0.15, -0.1) is 11.3 Å². The van der Waals surface area contributed by atoms with E-state index >= 15 is 0 Å². The quantitative estimate of drug-likeness (QED) is 0.809. The van der Waals surface area contributed by atoms with Crippen LogP contribution in [0.3, 0.4) is 0 Å². The average molecular weight is 224 g/mol. The summed E-state index contributed by atoms with van der Waals surface area (Å²) in [6.45, 7) is 4.35. The average Bonchev–Trinajstić information content (AvgIpc) is 2.65. The van der Waals surface area contributed by atoms with E-state index in [0.717, 1.165) is 12.8 Å². The summed E-state index contributed by atoms with van der Waals surface area (Å²) >= 11 is 1.75. The lowest BCUT2D eigenvalue weighted by atomic mass is 9.74. The molecule has 2 heteroatoms. The first-order valence-electron chi connectivity index (χ1n) is 5.92. The second kappa shape index (κ2) is 4.26. The molecule has 1 heterocycles. The van der Waals surface area contributed by atoms with E-state index in [0.29, 0.717) is 5.92 Å². The molecule has 0 aliphatic heterocycles. The van der Waals surface area contributed by atoms with Crippen LogP contribution < -0.4 is 0 Å². The lowest BCUT2D eigenvalue weighted by molar-refractivity contribution is -0.0218. The zero-order chi connectivity index (χ0) is 10.9. The van der Waals surface area contributed by atoms with Gasteiger partial charge in [0.15, 0.2) is 0 Å². The van der Waals surface area contributed by atoms with Crippen molar-refractivity contribution in [1.82, 2.24) is 0 Å². The van der Waals surface area contributed by atoms with Crippen LogP contribution in [0.1, 0.15) is 49.5 Å². The molecule has 15 heavy (non-hydrogen) atoms. The Morgan fingerprint density at radius 1 is 1.60 bits per heavy atom. The molecule has 1 nitrogen and oxygen atoms in total. The molecule has 0 radical (unpaired) electrons. The van der Waals surface area contributed by atoms with Gasteiger partial charge >= 0.3 is 0 Å². The van der Waals surface area contributed by atoms with Gasteiger partial charge in [0.05, 0.1) is 5.60 Å². The van der Waals surface area contributed by atoms with E-state index in [1.807, 2.05) is 0 Å². The number of thiophene rings is 1. The van der Waals surface area contributed by atoms with E-state index in [1.54, 1.807) is 11.3 Å². The van der Waals surface area contributed by atoms with Crippen molar-refractivity contribution in [2.45, 2.75) is 51.6 Å². The Hall–Kier alpha value is -0.340. The Kier molecular flexibility index (Phi) is 3.17. The lowest BCUT2D eigenvalue weighted by Gasteiger charge is -2.37. The first-order chi connectivity index (χ1) is 7.15. The van der Waals surface area contributed by atoms with Gasteiger partial charge in [0.1, 0.15) is 0 Å². The first kappa shape index (κ1) is 11.2. The third kappa shape index (κ3) is 2.11. The molecule has 2 rings (SSSR count). The molecule has 0 saturated heterocycles. The van der Waals surface area contributed by atoms with Crippen LogP contribution in [0.15, 0.2) is 11.4 Å². The maximum Gasteiger partial charge on any atom is 0.0909 e. The number of rotatable bonds is 2. The largest absolute Gasteiger partial charge is 0.385 e. The minimum absolute atomic E-state index is 0.525. The summed E-state index contributed by atoms with van der Waals surface area (Å²) in [6.07, 6.45) is 5.57. The molecule has 1 aromatic rings. The fourth-order valence-electron chi connectivity index (χ4n) is 2.83. The summed E-state index contributed by atoms with van der Waals surface area (Å²) in [7, 11) is 0. The lowest BCUT2D eigenvalue weighted by Crippen LogP contribution is -2.32. The Morgan fingerprint density at radius 2 is 2.40 bits per heavy atom. The van der Waals surface area contributed by atoms with Crippen LogP contribution in [-0.2, 0) is 5.60 Å². The minimum atomic E-state index is -0.525. The van der Waals surface area contributed by atoms with Crippen LogP contribution in [-0.4, -0.2) is 5.11 Å². The minimum Gasteiger partial charge on any atom is -0.385 e. The van der Waals surface area contributed by atoms with Crippen molar-refractivity contribution in [3.05, 3.63) is 21.9 Å². The molecule has 1 aliphatic rings. The highest BCUT2D eigenvalue weighted by Crippen LogP contribution is 2.43. The number of hydrogen-bond donors (Lipinski definition) is 1. The Labute approximate surface area is 96.1 Å². The molecule has 0 amide bonds. The van der Waals surface area contributed by atoms with Crippen LogP contribution in [0.25, 0.3) is 0 Å². The van der Waals surface area contributed by atoms with Crippen molar-refractivity contribution in [3.63, 3.8) is 0 Å². The summed E-state index contributed by atoms with van der Waals surface area (Å²) in [5.41, 5.74) is 0.661. The predicted octanol–water partition coefficient (Wildman–Crippen LogP) is 3.84. The molecule has 0 bridgehead atoms. The van der Waals surface area contributed by atoms with Crippen LogP contribution >= 0.6 is 11.3 Å². The van der Waals surface area contributed by atoms with Gasteiger partial charge in [0, 0.05) is 4.88 Å². The summed E-state index contributed by atoms with van der Waals surface area (Å²) in [5.74, 6) is 0.711. The molecule has 1 saturated carbocycles. The van der Waals surface area contributed by atoms with E-state index in [9.17, 15) is 5.11 Å². The number of aryl methyl sites for hydroxylation is 1. The van der Waals surface area contributed by atoms with Crippen molar-refractivity contribution in [3.8, 4) is 0 Å². The fraction of sp³-hybridized carbons (Fsp3) is 0.692. The topological polar surface area (TPSA) is 20.2 Å². The Balaban J connectivity index is 2.22. The SMILES string of the molecule is CCC1CCCC(O)(c2ccsc2C)C1. The summed E-state index contributed by atoms with van der Waals surface area (Å²) in [6, 6.07) is 2.11. The molecule has 2 unspecified atom stereocenters. The monoisotopic (exact) mass is 224 g/mol. The van der Waals surface area contributed by atoms with Crippen molar-refractivity contribution in [2.75, 3.05) is 0 Å². The van der Waals surface area contributed by atoms with Crippen LogP contribution in [0.5, 0.6) is 0 Å². The van der Waals surface area contributed by atoms with Gasteiger partial charge in [0.25, 0.3) is 0 Å². The van der Waals surface area contributed by atoms with Gasteiger partial charge in [-0.2, -0.15) is 0 Å². The molecule has 0 spiro atoms. The second-order valence-electron chi connectivity index (χ2n) is 4.79. The van der Waals surface area contributed by atoms with E-state index in [1.165, 1.54) is 29.7 Å². The van der Waals surface area contributed by atoms with Crippen molar-refractivity contribution >= 4 is 11.3 Å². The van der Waals surface area contributed by atoms with Gasteiger partial charge < -0.3 is 5.11 Å². The van der Waals surface area contributed by atoms with Gasteiger partial charge in [-0.25, -0.2) is 0 Å². The third-order valence-corrected chi connectivity index (χ3v) is 4.61. The fourth-order valence-corrected chi connectivity index (χ4v) is 3.62. The molecule has 1 aromatic heterocycles. The van der Waals surface area contributed by atoms with E-state index in [2.05, 4.69) is 25.3 Å². The highest BCUT2D eigenvalue weighted by atomic mass is 32.1. The second-order valence-corrected chi connectivity index (χ2v) is 5.91.